The third-order valence-electron chi connectivity index (χ3n) is 3.48. The average molecular weight is 347 g/mol. The number of ketones is 1. The Balaban J connectivity index is 1.89. The van der Waals surface area contributed by atoms with Crippen molar-refractivity contribution in [1.29, 1.82) is 0 Å². The smallest absolute Gasteiger partial charge is 0.361 e. The van der Waals surface area contributed by atoms with Gasteiger partial charge in [-0.2, -0.15) is 0 Å². The molecule has 2 aromatic rings. The highest BCUT2D eigenvalue weighted by atomic mass is 16.7. The van der Waals surface area contributed by atoms with Crippen LogP contribution in [0.25, 0.3) is 0 Å². The van der Waals surface area contributed by atoms with Crippen LogP contribution in [0.5, 0.6) is 11.5 Å². The van der Waals surface area contributed by atoms with E-state index in [0.29, 0.717) is 17.1 Å². The van der Waals surface area contributed by atoms with E-state index < -0.39 is 11.9 Å². The predicted molar refractivity (Wildman–Crippen MR) is 79.6 cm³/mol. The van der Waals surface area contributed by atoms with Crippen LogP contribution in [-0.2, 0) is 16.0 Å². The van der Waals surface area contributed by atoms with Crippen molar-refractivity contribution >= 4 is 17.7 Å². The number of esters is 2. The maximum absolute atomic E-state index is 12.5. The minimum absolute atomic E-state index is 0.0883. The van der Waals surface area contributed by atoms with Gasteiger partial charge in [0.1, 0.15) is 6.54 Å². The van der Waals surface area contributed by atoms with Crippen LogP contribution in [0.3, 0.4) is 0 Å². The molecule has 1 aromatic carbocycles. The molecule has 0 atom stereocenters. The van der Waals surface area contributed by atoms with E-state index in [9.17, 15) is 14.4 Å². The molecule has 0 amide bonds. The monoisotopic (exact) mass is 347 g/mol. The van der Waals surface area contributed by atoms with Crippen LogP contribution in [0.15, 0.2) is 18.2 Å². The first-order chi connectivity index (χ1) is 12.0. The first-order valence-corrected chi connectivity index (χ1v) is 7.08. The van der Waals surface area contributed by atoms with Crippen LogP contribution in [0, 0.1) is 0 Å². The molecule has 0 spiro atoms. The number of carbonyl (C=O) groups excluding carboxylic acids is 3. The van der Waals surface area contributed by atoms with E-state index in [1.54, 1.807) is 12.1 Å². The zero-order chi connectivity index (χ0) is 18.0. The Bertz CT molecular complexity index is 859. The van der Waals surface area contributed by atoms with Gasteiger partial charge in [0, 0.05) is 5.56 Å². The second-order valence-corrected chi connectivity index (χ2v) is 4.92. The molecule has 3 rings (SSSR count). The number of benzene rings is 1. The molecule has 25 heavy (non-hydrogen) atoms. The number of ether oxygens (including phenoxy) is 4. The molecule has 0 N–H and O–H groups in total. The summed E-state index contributed by atoms with van der Waals surface area (Å²) in [6.45, 7) is -0.237. The van der Waals surface area contributed by atoms with Gasteiger partial charge >= 0.3 is 11.9 Å². The summed E-state index contributed by atoms with van der Waals surface area (Å²) in [4.78, 5) is 36.1. The van der Waals surface area contributed by atoms with Gasteiger partial charge in [0.05, 0.1) is 14.2 Å². The molecule has 0 bridgehead atoms. The van der Waals surface area contributed by atoms with Gasteiger partial charge < -0.3 is 18.9 Å². The Morgan fingerprint density at radius 1 is 1.12 bits per heavy atom. The lowest BCUT2D eigenvalue weighted by Crippen LogP contribution is -2.20. The van der Waals surface area contributed by atoms with Gasteiger partial charge in [0.15, 0.2) is 23.0 Å². The normalized spacial score (nSPS) is 11.9. The van der Waals surface area contributed by atoms with E-state index in [1.165, 1.54) is 6.07 Å². The van der Waals surface area contributed by atoms with Crippen molar-refractivity contribution in [2.24, 2.45) is 0 Å². The number of hydrogen-bond acceptors (Lipinski definition) is 9. The van der Waals surface area contributed by atoms with Crippen LogP contribution in [0.2, 0.25) is 0 Å². The van der Waals surface area contributed by atoms with E-state index in [0.717, 1.165) is 18.9 Å². The van der Waals surface area contributed by atoms with Gasteiger partial charge in [-0.25, -0.2) is 14.3 Å². The standard InChI is InChI=1S/C15H13N3O7/c1-22-14(20)12-13(15(21)23-2)18(17-16-12)6-9(19)8-3-4-10-11(5-8)25-7-24-10/h3-5H,6-7H2,1-2H3. The van der Waals surface area contributed by atoms with Crippen LogP contribution in [0.4, 0.5) is 0 Å². The topological polar surface area (TPSA) is 119 Å². The number of rotatable bonds is 5. The van der Waals surface area contributed by atoms with E-state index in [-0.39, 0.29) is 30.5 Å². The Morgan fingerprint density at radius 3 is 2.56 bits per heavy atom. The van der Waals surface area contributed by atoms with Crippen molar-refractivity contribution in [1.82, 2.24) is 15.0 Å². The summed E-state index contributed by atoms with van der Waals surface area (Å²) in [6.07, 6.45) is 0. The van der Waals surface area contributed by atoms with E-state index >= 15 is 0 Å². The summed E-state index contributed by atoms with van der Waals surface area (Å²) in [6, 6.07) is 4.70. The summed E-state index contributed by atoms with van der Waals surface area (Å²) in [5.74, 6) is -1.09. The predicted octanol–water partition coefficient (Wildman–Crippen LogP) is 0.463. The molecule has 130 valence electrons. The van der Waals surface area contributed by atoms with Gasteiger partial charge in [0.2, 0.25) is 12.5 Å². The molecule has 0 saturated heterocycles. The van der Waals surface area contributed by atoms with Gasteiger partial charge in [-0.3, -0.25) is 4.79 Å². The van der Waals surface area contributed by atoms with Crippen molar-refractivity contribution in [2.75, 3.05) is 21.0 Å². The fourth-order valence-electron chi connectivity index (χ4n) is 2.25. The van der Waals surface area contributed by atoms with E-state index in [2.05, 4.69) is 19.8 Å². The molecular formula is C15H13N3O7. The molecule has 1 aromatic heterocycles. The lowest BCUT2D eigenvalue weighted by Gasteiger charge is -2.06. The summed E-state index contributed by atoms with van der Waals surface area (Å²) in [5.41, 5.74) is -0.258. The molecule has 1 aliphatic rings. The summed E-state index contributed by atoms with van der Waals surface area (Å²) >= 11 is 0. The Kier molecular flexibility index (Phi) is 4.33. The molecular weight excluding hydrogens is 334 g/mol. The number of fused-ring (bicyclic) bond motifs is 1. The van der Waals surface area contributed by atoms with E-state index in [1.807, 2.05) is 0 Å². The fourth-order valence-corrected chi connectivity index (χ4v) is 2.25. The minimum Gasteiger partial charge on any atom is -0.464 e. The van der Waals surface area contributed by atoms with Crippen molar-refractivity contribution in [3.05, 3.63) is 35.2 Å². The van der Waals surface area contributed by atoms with Gasteiger partial charge in [-0.05, 0) is 18.2 Å². The van der Waals surface area contributed by atoms with E-state index in [4.69, 9.17) is 9.47 Å². The largest absolute Gasteiger partial charge is 0.464 e. The number of nitrogens with zero attached hydrogens (tertiary/aromatic N) is 3. The molecule has 2 heterocycles. The first-order valence-electron chi connectivity index (χ1n) is 7.08. The molecule has 0 saturated carbocycles. The Hall–Kier alpha value is -3.43. The fraction of sp³-hybridized carbons (Fsp3) is 0.267. The van der Waals surface area contributed by atoms with Crippen LogP contribution >= 0.6 is 0 Å². The summed E-state index contributed by atoms with van der Waals surface area (Å²) in [7, 11) is 2.28. The molecule has 10 nitrogen and oxygen atoms in total. The minimum atomic E-state index is -0.859. The number of hydrogen-bond donors (Lipinski definition) is 0. The third kappa shape index (κ3) is 3.01. The number of carbonyl (C=O) groups is 3. The number of aromatic nitrogens is 3. The van der Waals surface area contributed by atoms with Crippen molar-refractivity contribution < 1.29 is 33.3 Å². The van der Waals surface area contributed by atoms with Gasteiger partial charge in [-0.1, -0.05) is 5.21 Å². The zero-order valence-corrected chi connectivity index (χ0v) is 13.3. The highest BCUT2D eigenvalue weighted by molar-refractivity contribution is 6.01. The maximum atomic E-state index is 12.5. The second kappa shape index (κ2) is 6.59. The molecule has 0 radical (unpaired) electrons. The van der Waals surface area contributed by atoms with Crippen LogP contribution < -0.4 is 9.47 Å². The maximum Gasteiger partial charge on any atom is 0.361 e. The molecule has 0 fully saturated rings. The van der Waals surface area contributed by atoms with Gasteiger partial charge in [-0.15, -0.1) is 5.10 Å². The Labute approximate surface area is 141 Å². The van der Waals surface area contributed by atoms with Crippen LogP contribution in [-0.4, -0.2) is 53.7 Å². The molecule has 0 aliphatic carbocycles. The highest BCUT2D eigenvalue weighted by Crippen LogP contribution is 2.32. The van der Waals surface area contributed by atoms with Crippen molar-refractivity contribution in [2.45, 2.75) is 6.54 Å². The number of methoxy groups -OCH3 is 2. The second-order valence-electron chi connectivity index (χ2n) is 4.92. The molecule has 0 unspecified atom stereocenters. The Morgan fingerprint density at radius 2 is 1.84 bits per heavy atom. The average Bonchev–Trinajstić information content (AvgIpc) is 3.26. The van der Waals surface area contributed by atoms with Crippen molar-refractivity contribution in [3.63, 3.8) is 0 Å². The first kappa shape index (κ1) is 16.4. The lowest BCUT2D eigenvalue weighted by molar-refractivity contribution is 0.0543. The summed E-state index contributed by atoms with van der Waals surface area (Å²) in [5, 5.41) is 7.28. The zero-order valence-electron chi connectivity index (χ0n) is 13.3. The third-order valence-corrected chi connectivity index (χ3v) is 3.48. The molecule has 1 aliphatic heterocycles. The van der Waals surface area contributed by atoms with Gasteiger partial charge in [0.25, 0.3) is 0 Å². The summed E-state index contributed by atoms with van der Waals surface area (Å²) < 4.78 is 20.6. The van der Waals surface area contributed by atoms with Crippen LogP contribution in [0.1, 0.15) is 31.3 Å². The quantitative estimate of drug-likeness (QED) is 0.561. The molecule has 10 heteroatoms. The highest BCUT2D eigenvalue weighted by Gasteiger charge is 2.28. The number of Topliss-reactive ketones (excluding diaryl/α,β-unsaturated/α-hetero) is 1. The van der Waals surface area contributed by atoms with Crippen molar-refractivity contribution in [3.8, 4) is 11.5 Å². The lowest BCUT2D eigenvalue weighted by atomic mass is 10.1. The SMILES string of the molecule is COC(=O)c1nnn(CC(=O)c2ccc3c(c2)OCO3)c1C(=O)OC.